The third kappa shape index (κ3) is 1.45. The van der Waals surface area contributed by atoms with E-state index < -0.39 is 0 Å². The van der Waals surface area contributed by atoms with Gasteiger partial charge in [0, 0.05) is 12.0 Å². The molecule has 0 saturated heterocycles. The van der Waals surface area contributed by atoms with Crippen molar-refractivity contribution in [3.8, 4) is 5.75 Å². The third-order valence-electron chi connectivity index (χ3n) is 4.06. The van der Waals surface area contributed by atoms with E-state index in [0.717, 1.165) is 24.9 Å². The Kier molecular flexibility index (Phi) is 2.24. The molecule has 0 amide bonds. The van der Waals surface area contributed by atoms with Crippen LogP contribution in [0.5, 0.6) is 5.75 Å². The molecule has 2 atom stereocenters. The van der Waals surface area contributed by atoms with Crippen LogP contribution in [0.2, 0.25) is 0 Å². The van der Waals surface area contributed by atoms with E-state index >= 15 is 0 Å². The number of fused-ring (bicyclic) bond motifs is 1. The van der Waals surface area contributed by atoms with Gasteiger partial charge >= 0.3 is 0 Å². The molecule has 2 aliphatic rings. The van der Waals surface area contributed by atoms with Gasteiger partial charge in [0.15, 0.2) is 0 Å². The van der Waals surface area contributed by atoms with Gasteiger partial charge in [0.2, 0.25) is 0 Å². The average Bonchev–Trinajstić information content (AvgIpc) is 2.79. The Morgan fingerprint density at radius 2 is 2.06 bits per heavy atom. The van der Waals surface area contributed by atoms with Crippen molar-refractivity contribution in [3.05, 3.63) is 28.8 Å². The summed E-state index contributed by atoms with van der Waals surface area (Å²) in [5, 5.41) is 0. The van der Waals surface area contributed by atoms with Gasteiger partial charge in [-0.1, -0.05) is 32.9 Å². The molecule has 1 heteroatoms. The summed E-state index contributed by atoms with van der Waals surface area (Å²) in [5.74, 6) is 3.48. The summed E-state index contributed by atoms with van der Waals surface area (Å²) in [6, 6.07) is 4.65. The second-order valence-electron chi connectivity index (χ2n) is 5.62. The normalized spacial score (nSPS) is 26.8. The predicted octanol–water partition coefficient (Wildman–Crippen LogP) is 3.87. The molecule has 1 heterocycles. The molecule has 2 unspecified atom stereocenters. The molecule has 1 fully saturated rings. The predicted molar refractivity (Wildman–Crippen MR) is 66.3 cm³/mol. The lowest BCUT2D eigenvalue weighted by Gasteiger charge is -2.14. The first-order valence-corrected chi connectivity index (χ1v) is 6.47. The van der Waals surface area contributed by atoms with E-state index in [2.05, 4.69) is 32.9 Å². The summed E-state index contributed by atoms with van der Waals surface area (Å²) in [6.45, 7) is 7.76. The zero-order valence-electron chi connectivity index (χ0n) is 10.4. The van der Waals surface area contributed by atoms with Crippen molar-refractivity contribution in [2.24, 2.45) is 5.92 Å². The Bertz CT molecular complexity index is 420. The van der Waals surface area contributed by atoms with Crippen LogP contribution in [0, 0.1) is 5.92 Å². The molecule has 1 nitrogen and oxygen atoms in total. The minimum Gasteiger partial charge on any atom is -0.493 e. The van der Waals surface area contributed by atoms with Gasteiger partial charge in [-0.15, -0.1) is 0 Å². The van der Waals surface area contributed by atoms with Gasteiger partial charge in [-0.25, -0.2) is 0 Å². The molecular formula is C15H20O. The fourth-order valence-corrected chi connectivity index (χ4v) is 2.93. The SMILES string of the molecule is CC(C)c1ccc(C2CC2C)c2c1CCO2. The Labute approximate surface area is 97.8 Å². The van der Waals surface area contributed by atoms with Crippen molar-refractivity contribution >= 4 is 0 Å². The van der Waals surface area contributed by atoms with Crippen LogP contribution in [0.15, 0.2) is 12.1 Å². The maximum absolute atomic E-state index is 5.87. The number of hydrogen-bond acceptors (Lipinski definition) is 1. The third-order valence-corrected chi connectivity index (χ3v) is 4.06. The molecule has 0 aromatic heterocycles. The summed E-state index contributed by atoms with van der Waals surface area (Å²) in [5.41, 5.74) is 4.46. The highest BCUT2D eigenvalue weighted by atomic mass is 16.5. The Morgan fingerprint density at radius 1 is 1.31 bits per heavy atom. The molecule has 0 N–H and O–H groups in total. The van der Waals surface area contributed by atoms with Gasteiger partial charge in [0.05, 0.1) is 6.61 Å². The minimum absolute atomic E-state index is 0.612. The fourth-order valence-electron chi connectivity index (χ4n) is 2.93. The molecule has 3 rings (SSSR count). The van der Waals surface area contributed by atoms with Gasteiger partial charge in [-0.2, -0.15) is 0 Å². The molecule has 1 aliphatic heterocycles. The van der Waals surface area contributed by atoms with Crippen LogP contribution in [0.3, 0.4) is 0 Å². The lowest BCUT2D eigenvalue weighted by atomic mass is 9.92. The van der Waals surface area contributed by atoms with E-state index in [9.17, 15) is 0 Å². The van der Waals surface area contributed by atoms with Crippen molar-refractivity contribution < 1.29 is 4.74 Å². The molecule has 0 spiro atoms. The van der Waals surface area contributed by atoms with Crippen molar-refractivity contribution in [1.29, 1.82) is 0 Å². The molecule has 1 aromatic rings. The lowest BCUT2D eigenvalue weighted by molar-refractivity contribution is 0.353. The highest BCUT2D eigenvalue weighted by molar-refractivity contribution is 5.52. The van der Waals surface area contributed by atoms with Crippen LogP contribution in [0.1, 0.15) is 55.7 Å². The highest BCUT2D eigenvalue weighted by Gasteiger charge is 2.38. The zero-order valence-corrected chi connectivity index (χ0v) is 10.4. The Hall–Kier alpha value is -0.980. The Morgan fingerprint density at radius 3 is 2.69 bits per heavy atom. The van der Waals surface area contributed by atoms with Crippen molar-refractivity contribution in [2.45, 2.75) is 45.4 Å². The van der Waals surface area contributed by atoms with E-state index in [1.807, 2.05) is 0 Å². The minimum atomic E-state index is 0.612. The number of ether oxygens (including phenoxy) is 1. The van der Waals surface area contributed by atoms with Crippen molar-refractivity contribution in [1.82, 2.24) is 0 Å². The molecule has 16 heavy (non-hydrogen) atoms. The number of benzene rings is 1. The van der Waals surface area contributed by atoms with Gasteiger partial charge in [-0.05, 0) is 35.3 Å². The van der Waals surface area contributed by atoms with E-state index in [0.29, 0.717) is 5.92 Å². The zero-order chi connectivity index (χ0) is 11.3. The summed E-state index contributed by atoms with van der Waals surface area (Å²) < 4.78 is 5.87. The smallest absolute Gasteiger partial charge is 0.126 e. The molecule has 0 radical (unpaired) electrons. The topological polar surface area (TPSA) is 9.23 Å². The van der Waals surface area contributed by atoms with Crippen LogP contribution >= 0.6 is 0 Å². The highest BCUT2D eigenvalue weighted by Crippen LogP contribution is 2.52. The van der Waals surface area contributed by atoms with Gasteiger partial charge in [0.1, 0.15) is 5.75 Å². The summed E-state index contributed by atoms with van der Waals surface area (Å²) in [4.78, 5) is 0. The van der Waals surface area contributed by atoms with Gasteiger partial charge in [-0.3, -0.25) is 0 Å². The molecule has 1 saturated carbocycles. The maximum Gasteiger partial charge on any atom is 0.126 e. The second-order valence-corrected chi connectivity index (χ2v) is 5.62. The monoisotopic (exact) mass is 216 g/mol. The number of rotatable bonds is 2. The van der Waals surface area contributed by atoms with Gasteiger partial charge < -0.3 is 4.74 Å². The largest absolute Gasteiger partial charge is 0.493 e. The standard InChI is InChI=1S/C15H20O/c1-9(2)11-4-5-12(14-8-10(14)3)15-13(11)6-7-16-15/h4-5,9-10,14H,6-8H2,1-3H3. The first-order chi connectivity index (χ1) is 7.68. The summed E-state index contributed by atoms with van der Waals surface area (Å²) >= 11 is 0. The second kappa shape index (κ2) is 3.51. The molecule has 86 valence electrons. The van der Waals surface area contributed by atoms with E-state index in [1.54, 1.807) is 0 Å². The number of hydrogen-bond donors (Lipinski definition) is 0. The lowest BCUT2D eigenvalue weighted by Crippen LogP contribution is -1.96. The van der Waals surface area contributed by atoms with E-state index in [1.165, 1.54) is 28.9 Å². The van der Waals surface area contributed by atoms with Crippen LogP contribution < -0.4 is 4.74 Å². The quantitative estimate of drug-likeness (QED) is 0.729. The molecular weight excluding hydrogens is 196 g/mol. The van der Waals surface area contributed by atoms with E-state index in [4.69, 9.17) is 4.74 Å². The molecule has 1 aromatic carbocycles. The summed E-state index contributed by atoms with van der Waals surface area (Å²) in [6.07, 6.45) is 2.45. The van der Waals surface area contributed by atoms with Crippen molar-refractivity contribution in [2.75, 3.05) is 6.61 Å². The Balaban J connectivity index is 2.07. The van der Waals surface area contributed by atoms with E-state index in [-0.39, 0.29) is 0 Å². The maximum atomic E-state index is 5.87. The van der Waals surface area contributed by atoms with Crippen LogP contribution in [-0.2, 0) is 6.42 Å². The first-order valence-electron chi connectivity index (χ1n) is 6.47. The van der Waals surface area contributed by atoms with Crippen LogP contribution in [0.25, 0.3) is 0 Å². The first kappa shape index (κ1) is 10.2. The molecule has 1 aliphatic carbocycles. The van der Waals surface area contributed by atoms with Crippen LogP contribution in [-0.4, -0.2) is 6.61 Å². The summed E-state index contributed by atoms with van der Waals surface area (Å²) in [7, 11) is 0. The van der Waals surface area contributed by atoms with Crippen LogP contribution in [0.4, 0.5) is 0 Å². The fraction of sp³-hybridized carbons (Fsp3) is 0.600. The molecule has 0 bridgehead atoms. The average molecular weight is 216 g/mol. The van der Waals surface area contributed by atoms with Gasteiger partial charge in [0.25, 0.3) is 0 Å². The van der Waals surface area contributed by atoms with Crippen molar-refractivity contribution in [3.63, 3.8) is 0 Å².